The number of hydrogen-bond acceptors (Lipinski definition) is 5. The van der Waals surface area contributed by atoms with E-state index in [9.17, 15) is 0 Å². The Morgan fingerprint density at radius 1 is 1.15 bits per heavy atom. The topological polar surface area (TPSA) is 80.9 Å². The van der Waals surface area contributed by atoms with Gasteiger partial charge in [0.15, 0.2) is 23.2 Å². The summed E-state index contributed by atoms with van der Waals surface area (Å²) in [5, 5.41) is 10.6. The van der Waals surface area contributed by atoms with Gasteiger partial charge in [0.05, 0.1) is 26.5 Å². The third-order valence-electron chi connectivity index (χ3n) is 4.28. The van der Waals surface area contributed by atoms with E-state index >= 15 is 0 Å². The molecule has 150 valence electrons. The van der Waals surface area contributed by atoms with E-state index in [4.69, 9.17) is 14.0 Å². The Bertz CT molecular complexity index is 729. The van der Waals surface area contributed by atoms with Crippen LogP contribution in [0.3, 0.4) is 0 Å². The van der Waals surface area contributed by atoms with Crippen LogP contribution in [-0.4, -0.2) is 32.4 Å². The first-order chi connectivity index (χ1) is 12.6. The minimum atomic E-state index is 0. The lowest BCUT2D eigenvalue weighted by molar-refractivity contribution is 0.355. The van der Waals surface area contributed by atoms with E-state index in [1.165, 1.54) is 0 Å². The van der Waals surface area contributed by atoms with Gasteiger partial charge in [0.25, 0.3) is 0 Å². The number of methoxy groups -OCH3 is 2. The molecule has 2 aromatic rings. The number of guanidine groups is 1. The molecule has 0 spiro atoms. The number of benzene rings is 1. The molecule has 1 heterocycles. The number of anilines is 1. The maximum absolute atomic E-state index is 5.43. The molecule has 0 amide bonds. The largest absolute Gasteiger partial charge is 0.493 e. The van der Waals surface area contributed by atoms with E-state index in [1.807, 2.05) is 24.3 Å². The van der Waals surface area contributed by atoms with Gasteiger partial charge in [-0.25, -0.2) is 0 Å². The Hall–Kier alpha value is -1.97. The van der Waals surface area contributed by atoms with Gasteiger partial charge < -0.3 is 24.6 Å². The van der Waals surface area contributed by atoms with Crippen LogP contribution in [0.1, 0.15) is 44.1 Å². The van der Waals surface area contributed by atoms with Crippen molar-refractivity contribution in [2.24, 2.45) is 4.99 Å². The predicted molar refractivity (Wildman–Crippen MR) is 119 cm³/mol. The SMILES string of the molecule is CCC(CC)c1cc(CNC(=NC)Nc2ccc(OC)c(OC)c2)on1.I. The van der Waals surface area contributed by atoms with Crippen LogP contribution in [0, 0.1) is 0 Å². The standard InChI is InChI=1S/C19H28N4O3.HI/c1-6-13(7-2)16-11-15(26-23-16)12-21-19(20-3)22-14-8-9-17(24-4)18(10-14)25-5;/h8-11,13H,6-7,12H2,1-5H3,(H2,20,21,22);1H. The highest BCUT2D eigenvalue weighted by molar-refractivity contribution is 14.0. The average Bonchev–Trinajstić information content (AvgIpc) is 3.14. The fourth-order valence-corrected chi connectivity index (χ4v) is 2.71. The number of aliphatic imine (C=N–C) groups is 1. The van der Waals surface area contributed by atoms with Gasteiger partial charge >= 0.3 is 0 Å². The summed E-state index contributed by atoms with van der Waals surface area (Å²) in [5.74, 6) is 3.17. The summed E-state index contributed by atoms with van der Waals surface area (Å²) in [6.07, 6.45) is 2.11. The van der Waals surface area contributed by atoms with Crippen molar-refractivity contribution in [3.63, 3.8) is 0 Å². The van der Waals surface area contributed by atoms with Gasteiger partial charge in [0.1, 0.15) is 0 Å². The van der Waals surface area contributed by atoms with Crippen molar-refractivity contribution >= 4 is 35.6 Å². The first-order valence-corrected chi connectivity index (χ1v) is 8.80. The van der Waals surface area contributed by atoms with Crippen molar-refractivity contribution in [3.05, 3.63) is 35.7 Å². The van der Waals surface area contributed by atoms with Crippen LogP contribution >= 0.6 is 24.0 Å². The molecule has 0 unspecified atom stereocenters. The summed E-state index contributed by atoms with van der Waals surface area (Å²) in [6, 6.07) is 7.60. The molecule has 0 aliphatic heterocycles. The first-order valence-electron chi connectivity index (χ1n) is 8.80. The van der Waals surface area contributed by atoms with Crippen molar-refractivity contribution in [2.45, 2.75) is 39.2 Å². The third-order valence-corrected chi connectivity index (χ3v) is 4.28. The van der Waals surface area contributed by atoms with Gasteiger partial charge in [-0.15, -0.1) is 24.0 Å². The second kappa shape index (κ2) is 11.7. The molecule has 1 aromatic carbocycles. The molecule has 0 fully saturated rings. The van der Waals surface area contributed by atoms with E-state index in [-0.39, 0.29) is 24.0 Å². The van der Waals surface area contributed by atoms with E-state index in [0.29, 0.717) is 29.9 Å². The second-order valence-electron chi connectivity index (χ2n) is 5.85. The van der Waals surface area contributed by atoms with E-state index < -0.39 is 0 Å². The molecule has 2 N–H and O–H groups in total. The Kier molecular flexibility index (Phi) is 9.98. The molecule has 0 saturated carbocycles. The van der Waals surface area contributed by atoms with E-state index in [0.717, 1.165) is 30.0 Å². The lowest BCUT2D eigenvalue weighted by Crippen LogP contribution is -2.30. The minimum Gasteiger partial charge on any atom is -0.493 e. The number of ether oxygens (including phenoxy) is 2. The number of nitrogens with zero attached hydrogens (tertiary/aromatic N) is 2. The molecule has 1 aromatic heterocycles. The van der Waals surface area contributed by atoms with Crippen LogP contribution in [0.2, 0.25) is 0 Å². The summed E-state index contributed by atoms with van der Waals surface area (Å²) < 4.78 is 16.0. The van der Waals surface area contributed by atoms with Gasteiger partial charge in [-0.05, 0) is 25.0 Å². The molecule has 0 aliphatic rings. The smallest absolute Gasteiger partial charge is 0.195 e. The average molecular weight is 488 g/mol. The van der Waals surface area contributed by atoms with Crippen molar-refractivity contribution in [1.82, 2.24) is 10.5 Å². The van der Waals surface area contributed by atoms with Crippen molar-refractivity contribution in [3.8, 4) is 11.5 Å². The molecule has 0 atom stereocenters. The zero-order valence-corrected chi connectivity index (χ0v) is 18.9. The molecule has 0 saturated heterocycles. The Morgan fingerprint density at radius 3 is 2.44 bits per heavy atom. The maximum Gasteiger partial charge on any atom is 0.195 e. The van der Waals surface area contributed by atoms with Crippen LogP contribution in [-0.2, 0) is 6.54 Å². The van der Waals surface area contributed by atoms with E-state index in [2.05, 4.69) is 34.6 Å². The molecule has 0 radical (unpaired) electrons. The van der Waals surface area contributed by atoms with Gasteiger partial charge in [0.2, 0.25) is 0 Å². The summed E-state index contributed by atoms with van der Waals surface area (Å²) >= 11 is 0. The summed E-state index contributed by atoms with van der Waals surface area (Å²) in [5.41, 5.74) is 1.85. The fourth-order valence-electron chi connectivity index (χ4n) is 2.71. The van der Waals surface area contributed by atoms with Crippen LogP contribution in [0.4, 0.5) is 5.69 Å². The molecule has 2 rings (SSSR count). The summed E-state index contributed by atoms with van der Waals surface area (Å²) in [4.78, 5) is 4.23. The summed E-state index contributed by atoms with van der Waals surface area (Å²) in [6.45, 7) is 4.82. The molecular weight excluding hydrogens is 459 g/mol. The first kappa shape index (κ1) is 23.1. The number of nitrogens with one attached hydrogen (secondary N) is 2. The quantitative estimate of drug-likeness (QED) is 0.326. The van der Waals surface area contributed by atoms with Gasteiger partial charge in [-0.3, -0.25) is 4.99 Å². The zero-order valence-electron chi connectivity index (χ0n) is 16.5. The molecule has 7 nitrogen and oxygen atoms in total. The lowest BCUT2D eigenvalue weighted by atomic mass is 9.99. The normalized spacial score (nSPS) is 11.1. The van der Waals surface area contributed by atoms with Gasteiger partial charge in [-0.2, -0.15) is 0 Å². The van der Waals surface area contributed by atoms with Crippen molar-refractivity contribution in [1.29, 1.82) is 0 Å². The maximum atomic E-state index is 5.43. The van der Waals surface area contributed by atoms with Crippen LogP contribution in [0.25, 0.3) is 0 Å². The van der Waals surface area contributed by atoms with Crippen molar-refractivity contribution < 1.29 is 14.0 Å². The van der Waals surface area contributed by atoms with Crippen LogP contribution < -0.4 is 20.1 Å². The fraction of sp³-hybridized carbons (Fsp3) is 0.474. The van der Waals surface area contributed by atoms with Gasteiger partial charge in [0, 0.05) is 30.8 Å². The van der Waals surface area contributed by atoms with Crippen molar-refractivity contribution in [2.75, 3.05) is 26.6 Å². The van der Waals surface area contributed by atoms with Gasteiger partial charge in [-0.1, -0.05) is 19.0 Å². The number of hydrogen-bond donors (Lipinski definition) is 2. The monoisotopic (exact) mass is 488 g/mol. The lowest BCUT2D eigenvalue weighted by Gasteiger charge is -2.13. The Morgan fingerprint density at radius 2 is 1.85 bits per heavy atom. The number of rotatable bonds is 8. The molecule has 27 heavy (non-hydrogen) atoms. The molecule has 0 aliphatic carbocycles. The minimum absolute atomic E-state index is 0. The number of halogens is 1. The van der Waals surface area contributed by atoms with E-state index in [1.54, 1.807) is 21.3 Å². The Balaban J connectivity index is 0.00000364. The molecular formula is C19H29IN4O3. The Labute approximate surface area is 177 Å². The summed E-state index contributed by atoms with van der Waals surface area (Å²) in [7, 11) is 4.93. The molecule has 8 heteroatoms. The predicted octanol–water partition coefficient (Wildman–Crippen LogP) is 4.40. The van der Waals surface area contributed by atoms with Crippen LogP contribution in [0.15, 0.2) is 33.8 Å². The second-order valence-corrected chi connectivity index (χ2v) is 5.85. The third kappa shape index (κ3) is 6.30. The molecule has 0 bridgehead atoms. The highest BCUT2D eigenvalue weighted by atomic mass is 127. The highest BCUT2D eigenvalue weighted by Crippen LogP contribution is 2.29. The zero-order chi connectivity index (χ0) is 18.9. The number of aromatic nitrogens is 1. The van der Waals surface area contributed by atoms with Crippen LogP contribution in [0.5, 0.6) is 11.5 Å². The highest BCUT2D eigenvalue weighted by Gasteiger charge is 2.13.